The number of cyclic esters (lactones) is 1. The molecule has 3 aromatic carbocycles. The number of unbranched alkanes of at least 4 members (excludes halogenated alkanes) is 1. The number of fused-ring (bicyclic) bond motifs is 1. The van der Waals surface area contributed by atoms with E-state index in [1.807, 2.05) is 41.3 Å². The molecule has 0 aromatic heterocycles. The largest absolute Gasteiger partial charge is 0.452 e. The fraction of sp³-hybridized carbons (Fsp3) is 0.421. The summed E-state index contributed by atoms with van der Waals surface area (Å²) in [6.07, 6.45) is 9.92. The Morgan fingerprint density at radius 3 is 2.19 bits per heavy atom. The van der Waals surface area contributed by atoms with Gasteiger partial charge in [0.1, 0.15) is 11.3 Å². The summed E-state index contributed by atoms with van der Waals surface area (Å²) in [6, 6.07) is 22.1. The van der Waals surface area contributed by atoms with Gasteiger partial charge in [-0.25, -0.2) is 4.79 Å². The molecule has 43 heavy (non-hydrogen) atoms. The highest BCUT2D eigenvalue weighted by molar-refractivity contribution is 5.94. The molecule has 1 fully saturated rings. The quantitative estimate of drug-likeness (QED) is 0.180. The number of carbonyl (C=O) groups excluding carboxylic acids is 2. The van der Waals surface area contributed by atoms with Crippen LogP contribution in [0.3, 0.4) is 0 Å². The minimum Gasteiger partial charge on any atom is -0.452 e. The van der Waals surface area contributed by atoms with Crippen molar-refractivity contribution >= 4 is 11.9 Å². The lowest BCUT2D eigenvalue weighted by Crippen LogP contribution is -2.40. The lowest BCUT2D eigenvalue weighted by molar-refractivity contribution is -0.133. The number of benzene rings is 3. The van der Waals surface area contributed by atoms with Crippen LogP contribution >= 0.6 is 0 Å². The summed E-state index contributed by atoms with van der Waals surface area (Å²) in [6.45, 7) is 6.48. The number of hydrogen-bond acceptors (Lipinski definition) is 4. The number of esters is 1. The van der Waals surface area contributed by atoms with E-state index in [4.69, 9.17) is 9.47 Å². The molecule has 0 spiro atoms. The molecule has 1 aliphatic heterocycles. The molecule has 1 saturated carbocycles. The van der Waals surface area contributed by atoms with E-state index in [9.17, 15) is 9.59 Å². The van der Waals surface area contributed by atoms with Gasteiger partial charge < -0.3 is 14.4 Å². The molecule has 224 valence electrons. The number of nitrogens with zero attached hydrogens (tertiary/aromatic N) is 1. The van der Waals surface area contributed by atoms with E-state index < -0.39 is 11.8 Å². The average Bonchev–Trinajstić information content (AvgIpc) is 3.52. The van der Waals surface area contributed by atoms with Crippen molar-refractivity contribution in [2.45, 2.75) is 97.4 Å². The number of carbonyl (C=O) groups is 2. The summed E-state index contributed by atoms with van der Waals surface area (Å²) in [4.78, 5) is 28.2. The second kappa shape index (κ2) is 14.0. The molecular formula is C38H43NO4. The second-order valence-corrected chi connectivity index (χ2v) is 12.4. The van der Waals surface area contributed by atoms with Crippen LogP contribution in [0, 0.1) is 17.8 Å². The molecule has 5 rings (SSSR count). The highest BCUT2D eigenvalue weighted by atomic mass is 16.7. The van der Waals surface area contributed by atoms with Crippen molar-refractivity contribution in [3.05, 3.63) is 100 Å². The minimum absolute atomic E-state index is 0.119. The molecule has 1 heterocycles. The Hall–Kier alpha value is -4.04. The van der Waals surface area contributed by atoms with Crippen LogP contribution in [-0.2, 0) is 29.0 Å². The van der Waals surface area contributed by atoms with Gasteiger partial charge in [0.15, 0.2) is 0 Å². The van der Waals surface area contributed by atoms with Crippen molar-refractivity contribution in [2.24, 2.45) is 5.92 Å². The van der Waals surface area contributed by atoms with Gasteiger partial charge in [0, 0.05) is 50.0 Å². The fourth-order valence-electron chi connectivity index (χ4n) is 5.95. The van der Waals surface area contributed by atoms with Crippen LogP contribution in [-0.4, -0.2) is 22.6 Å². The van der Waals surface area contributed by atoms with E-state index in [0.717, 1.165) is 35.1 Å². The van der Waals surface area contributed by atoms with E-state index in [0.29, 0.717) is 36.7 Å². The fourth-order valence-corrected chi connectivity index (χ4v) is 5.95. The number of para-hydroxylation sites is 1. The average molecular weight is 578 g/mol. The zero-order chi connectivity index (χ0) is 30.2. The van der Waals surface area contributed by atoms with Crippen molar-refractivity contribution in [2.75, 3.05) is 0 Å². The molecule has 0 N–H and O–H groups in total. The van der Waals surface area contributed by atoms with Crippen LogP contribution < -0.4 is 4.74 Å². The first-order valence-corrected chi connectivity index (χ1v) is 15.8. The maximum atomic E-state index is 13.6. The summed E-state index contributed by atoms with van der Waals surface area (Å²) >= 11 is 0. The smallest absolute Gasteiger partial charge is 0.345 e. The zero-order valence-corrected chi connectivity index (χ0v) is 25.8. The predicted octanol–water partition coefficient (Wildman–Crippen LogP) is 8.21. The maximum absolute atomic E-state index is 13.6. The van der Waals surface area contributed by atoms with Crippen molar-refractivity contribution in [1.82, 2.24) is 4.90 Å². The number of amides is 1. The molecule has 5 nitrogen and oxygen atoms in total. The third-order valence-corrected chi connectivity index (χ3v) is 8.41. The number of aryl methyl sites for hydroxylation is 1. The molecule has 0 atom stereocenters. The van der Waals surface area contributed by atoms with Crippen LogP contribution in [0.15, 0.2) is 66.7 Å². The van der Waals surface area contributed by atoms with Gasteiger partial charge in [-0.15, -0.1) is 0 Å². The summed E-state index contributed by atoms with van der Waals surface area (Å²) in [5.41, 5.74) is 5.53. The first-order chi connectivity index (χ1) is 20.8. The number of rotatable bonds is 10. The van der Waals surface area contributed by atoms with Crippen LogP contribution in [0.25, 0.3) is 0 Å². The van der Waals surface area contributed by atoms with Crippen LogP contribution in [0.1, 0.15) is 110 Å². The molecule has 1 aliphatic carbocycles. The van der Waals surface area contributed by atoms with Crippen molar-refractivity contribution in [1.29, 1.82) is 0 Å². The van der Waals surface area contributed by atoms with E-state index in [2.05, 4.69) is 43.0 Å². The first-order valence-electron chi connectivity index (χ1n) is 15.8. The number of hydrogen-bond donors (Lipinski definition) is 0. The Balaban J connectivity index is 1.31. The first kappa shape index (κ1) is 30.4. The van der Waals surface area contributed by atoms with Gasteiger partial charge >= 0.3 is 5.97 Å². The third kappa shape index (κ3) is 8.29. The van der Waals surface area contributed by atoms with Gasteiger partial charge in [0.05, 0.1) is 0 Å². The molecular weight excluding hydrogens is 534 g/mol. The second-order valence-electron chi connectivity index (χ2n) is 12.4. The Morgan fingerprint density at radius 1 is 0.884 bits per heavy atom. The van der Waals surface area contributed by atoms with Gasteiger partial charge in [-0.3, -0.25) is 4.79 Å². The van der Waals surface area contributed by atoms with Crippen LogP contribution in [0.5, 0.6) is 5.75 Å². The lowest BCUT2D eigenvalue weighted by Gasteiger charge is -2.34. The Bertz CT molecular complexity index is 1470. The molecule has 0 saturated heterocycles. The van der Waals surface area contributed by atoms with Gasteiger partial charge in [-0.1, -0.05) is 87.3 Å². The highest BCUT2D eigenvalue weighted by Crippen LogP contribution is 2.35. The van der Waals surface area contributed by atoms with Gasteiger partial charge in [-0.2, -0.15) is 0 Å². The molecule has 3 aromatic rings. The summed E-state index contributed by atoms with van der Waals surface area (Å²) < 4.78 is 11.5. The van der Waals surface area contributed by atoms with E-state index >= 15 is 0 Å². The van der Waals surface area contributed by atoms with E-state index in [-0.39, 0.29) is 5.91 Å². The molecule has 1 amide bonds. The monoisotopic (exact) mass is 577 g/mol. The normalized spacial score (nSPS) is 15.6. The molecule has 5 heteroatoms. The van der Waals surface area contributed by atoms with Crippen LogP contribution in [0.2, 0.25) is 0 Å². The van der Waals surface area contributed by atoms with Gasteiger partial charge in [0.25, 0.3) is 0 Å². The van der Waals surface area contributed by atoms with Gasteiger partial charge in [0.2, 0.25) is 11.7 Å². The van der Waals surface area contributed by atoms with E-state index in [1.54, 1.807) is 19.9 Å². The number of ether oxygens (including phenoxy) is 2. The van der Waals surface area contributed by atoms with Crippen molar-refractivity contribution in [3.63, 3.8) is 0 Å². The van der Waals surface area contributed by atoms with Crippen molar-refractivity contribution < 1.29 is 19.1 Å². The summed E-state index contributed by atoms with van der Waals surface area (Å²) in [7, 11) is 0. The van der Waals surface area contributed by atoms with Crippen molar-refractivity contribution in [3.8, 4) is 17.6 Å². The molecule has 0 radical (unpaired) electrons. The van der Waals surface area contributed by atoms with Gasteiger partial charge in [-0.05, 0) is 66.6 Å². The maximum Gasteiger partial charge on any atom is 0.345 e. The summed E-state index contributed by atoms with van der Waals surface area (Å²) in [5, 5.41) is 0. The molecule has 0 unspecified atom stereocenters. The Kier molecular flexibility index (Phi) is 9.87. The lowest BCUT2D eigenvalue weighted by atomic mass is 10.0. The SMILES string of the molecule is CCCCc1ccc(C#Cc2ccc(CN(Cc3cccc4c3OC(C)(C)OC4=O)C(=O)CCC3CCCC3)cc2)cc1. The van der Waals surface area contributed by atoms with Crippen LogP contribution in [0.4, 0.5) is 0 Å². The van der Waals surface area contributed by atoms with E-state index in [1.165, 1.54) is 44.1 Å². The zero-order valence-electron chi connectivity index (χ0n) is 25.8. The third-order valence-electron chi connectivity index (χ3n) is 8.41. The topological polar surface area (TPSA) is 55.8 Å². The summed E-state index contributed by atoms with van der Waals surface area (Å²) in [5.74, 6) is 6.33. The molecule has 0 bridgehead atoms. The minimum atomic E-state index is -1.06. The Labute approximate surface area is 256 Å². The standard InChI is InChI=1S/C38H43NO4/c1-4-5-9-29-14-16-30(17-15-29)18-19-31-20-22-32(23-21-31)26-39(35(40)25-24-28-10-6-7-11-28)27-33-12-8-13-34-36(33)42-38(2,3)43-37(34)41/h8,12-17,20-23,28H,4-7,9-11,24-27H2,1-3H3. The Morgan fingerprint density at radius 2 is 1.53 bits per heavy atom. The predicted molar refractivity (Wildman–Crippen MR) is 169 cm³/mol. The highest BCUT2D eigenvalue weighted by Gasteiger charge is 2.35. The molecule has 2 aliphatic rings.